The van der Waals surface area contributed by atoms with Crippen LogP contribution < -0.4 is 0 Å². The van der Waals surface area contributed by atoms with Crippen LogP contribution in [0.1, 0.15) is 6.92 Å². The van der Waals surface area contributed by atoms with Crippen LogP contribution in [0.3, 0.4) is 0 Å². The van der Waals surface area contributed by atoms with Crippen molar-refractivity contribution in [3.8, 4) is 0 Å². The zero-order valence-corrected chi connectivity index (χ0v) is 6.56. The van der Waals surface area contributed by atoms with Gasteiger partial charge >= 0.3 is 0 Å². The third kappa shape index (κ3) is 96.0. The second-order valence-electron chi connectivity index (χ2n) is 0.519. The second-order valence-corrected chi connectivity index (χ2v) is 0.519. The molecule has 0 aromatic rings. The van der Waals surface area contributed by atoms with Crippen LogP contribution in [0.25, 0.3) is 0 Å². The molecule has 0 aromatic carbocycles. The Labute approximate surface area is 65.9 Å². The minimum atomic E-state index is -0.833. The van der Waals surface area contributed by atoms with Gasteiger partial charge in [0.1, 0.15) is 0 Å². The van der Waals surface area contributed by atoms with Crippen molar-refractivity contribution in [2.45, 2.75) is 6.92 Å². The van der Waals surface area contributed by atoms with Gasteiger partial charge in [0.2, 0.25) is 0 Å². The van der Waals surface area contributed by atoms with E-state index in [2.05, 4.69) is 0 Å². The fourth-order valence-corrected chi connectivity index (χ4v) is 0. The van der Waals surface area contributed by atoms with Crippen molar-refractivity contribution in [2.75, 3.05) is 0 Å². The number of hydrogen-bond donors (Lipinski definition) is 1. The Morgan fingerprint density at radius 1 is 1.67 bits per heavy atom. The summed E-state index contributed by atoms with van der Waals surface area (Å²) >= 11 is 0. The molecular formula is C2H4CuO2Zr. The van der Waals surface area contributed by atoms with Crippen molar-refractivity contribution >= 4 is 5.97 Å². The summed E-state index contributed by atoms with van der Waals surface area (Å²) in [6.45, 7) is 1.08. The first-order chi connectivity index (χ1) is 1.73. The molecule has 6 heavy (non-hydrogen) atoms. The van der Waals surface area contributed by atoms with Crippen molar-refractivity contribution in [1.82, 2.24) is 0 Å². The Bertz CT molecular complexity index is 34.5. The van der Waals surface area contributed by atoms with Gasteiger partial charge in [-0.1, -0.05) is 0 Å². The van der Waals surface area contributed by atoms with E-state index in [0.29, 0.717) is 0 Å². The molecule has 0 aliphatic carbocycles. The number of carboxylic acids is 1. The van der Waals surface area contributed by atoms with Gasteiger partial charge < -0.3 is 5.11 Å². The molecular weight excluding hydrogens is 211 g/mol. The monoisotopic (exact) mass is 213 g/mol. The number of rotatable bonds is 0. The Morgan fingerprint density at radius 2 is 1.67 bits per heavy atom. The van der Waals surface area contributed by atoms with Gasteiger partial charge in [-0.25, -0.2) is 0 Å². The third-order valence-electron chi connectivity index (χ3n) is 0. The summed E-state index contributed by atoms with van der Waals surface area (Å²) in [4.78, 5) is 9.00. The van der Waals surface area contributed by atoms with Gasteiger partial charge in [-0.3, -0.25) is 4.79 Å². The first-order valence-corrected chi connectivity index (χ1v) is 0.928. The fraction of sp³-hybridized carbons (Fsp3) is 0.500. The summed E-state index contributed by atoms with van der Waals surface area (Å²) in [6.07, 6.45) is 0. The van der Waals surface area contributed by atoms with Crippen LogP contribution in [0.15, 0.2) is 0 Å². The van der Waals surface area contributed by atoms with Crippen molar-refractivity contribution in [2.24, 2.45) is 0 Å². The summed E-state index contributed by atoms with van der Waals surface area (Å²) in [6, 6.07) is 0. The molecule has 0 aliphatic rings. The number of hydrogen-bond acceptors (Lipinski definition) is 1. The van der Waals surface area contributed by atoms with E-state index in [9.17, 15) is 0 Å². The number of carbonyl (C=O) groups is 1. The van der Waals surface area contributed by atoms with Gasteiger partial charge in [-0.2, -0.15) is 0 Å². The first-order valence-electron chi connectivity index (χ1n) is 0.928. The zero-order chi connectivity index (χ0) is 3.58. The summed E-state index contributed by atoms with van der Waals surface area (Å²) in [7, 11) is 0. The minimum absolute atomic E-state index is 0. The first kappa shape index (κ1) is 15.8. The van der Waals surface area contributed by atoms with Crippen LogP contribution in [0.5, 0.6) is 0 Å². The molecule has 0 heterocycles. The predicted molar refractivity (Wildman–Crippen MR) is 13.3 cm³/mol. The van der Waals surface area contributed by atoms with E-state index < -0.39 is 5.97 Å². The molecule has 1 radical (unpaired) electrons. The fourth-order valence-electron chi connectivity index (χ4n) is 0. The maximum atomic E-state index is 9.00. The van der Waals surface area contributed by atoms with Crippen LogP contribution in [0, 0.1) is 0 Å². The Morgan fingerprint density at radius 3 is 1.67 bits per heavy atom. The van der Waals surface area contributed by atoms with Gasteiger partial charge in [0.05, 0.1) is 0 Å². The quantitative estimate of drug-likeness (QED) is 0.581. The van der Waals surface area contributed by atoms with E-state index in [0.717, 1.165) is 6.92 Å². The van der Waals surface area contributed by atoms with Gasteiger partial charge in [-0.05, 0) is 0 Å². The summed E-state index contributed by atoms with van der Waals surface area (Å²) in [5, 5.41) is 7.42. The van der Waals surface area contributed by atoms with Gasteiger partial charge in [-0.15, -0.1) is 0 Å². The molecule has 0 spiro atoms. The molecule has 0 aliphatic heterocycles. The minimum Gasteiger partial charge on any atom is -0.481 e. The van der Waals surface area contributed by atoms with Crippen molar-refractivity contribution < 1.29 is 53.2 Å². The van der Waals surface area contributed by atoms with E-state index in [1.807, 2.05) is 0 Å². The van der Waals surface area contributed by atoms with Gasteiger partial charge in [0.15, 0.2) is 0 Å². The molecule has 0 bridgehead atoms. The molecule has 0 atom stereocenters. The van der Waals surface area contributed by atoms with E-state index in [1.165, 1.54) is 0 Å². The molecule has 1 N–H and O–H groups in total. The Kier molecular flexibility index (Phi) is 24.5. The van der Waals surface area contributed by atoms with Crippen molar-refractivity contribution in [3.05, 3.63) is 0 Å². The molecule has 4 heteroatoms. The molecule has 0 unspecified atom stereocenters. The van der Waals surface area contributed by atoms with Crippen molar-refractivity contribution in [1.29, 1.82) is 0 Å². The summed E-state index contributed by atoms with van der Waals surface area (Å²) < 4.78 is 0. The van der Waals surface area contributed by atoms with E-state index in [-0.39, 0.29) is 43.3 Å². The van der Waals surface area contributed by atoms with Crippen LogP contribution in [0.4, 0.5) is 0 Å². The largest absolute Gasteiger partial charge is 0.481 e. The smallest absolute Gasteiger partial charge is 0.300 e. The maximum absolute atomic E-state index is 9.00. The Balaban J connectivity index is -0.0000000450. The van der Waals surface area contributed by atoms with Gasteiger partial charge in [0.25, 0.3) is 5.97 Å². The average molecular weight is 215 g/mol. The normalized spacial score (nSPS) is 4.17. The molecule has 0 amide bonds. The number of aliphatic carboxylic acids is 1. The van der Waals surface area contributed by atoms with Crippen LogP contribution >= 0.6 is 0 Å². The topological polar surface area (TPSA) is 37.3 Å². The maximum Gasteiger partial charge on any atom is 0.300 e. The molecule has 39 valence electrons. The predicted octanol–water partition coefficient (Wildman–Crippen LogP) is 0.0859. The standard InChI is InChI=1S/C2H4O2.Cu.Zr/c1-2(3)4;;/h1H3,(H,3,4);;. The van der Waals surface area contributed by atoms with E-state index >= 15 is 0 Å². The van der Waals surface area contributed by atoms with Crippen LogP contribution in [0.2, 0.25) is 0 Å². The molecule has 2 nitrogen and oxygen atoms in total. The SMILES string of the molecule is CC(=O)O.[Cu].[Zr]. The second kappa shape index (κ2) is 9.30. The molecule has 0 saturated carbocycles. The third-order valence-corrected chi connectivity index (χ3v) is 0. The Hall–Kier alpha value is 0.873. The summed E-state index contributed by atoms with van der Waals surface area (Å²) in [5.74, 6) is -0.833. The zero-order valence-electron chi connectivity index (χ0n) is 3.16. The molecule has 0 saturated heterocycles. The van der Waals surface area contributed by atoms with Crippen molar-refractivity contribution in [3.63, 3.8) is 0 Å². The van der Waals surface area contributed by atoms with Crippen LogP contribution in [-0.4, -0.2) is 11.1 Å². The van der Waals surface area contributed by atoms with Crippen LogP contribution in [-0.2, 0) is 48.1 Å². The van der Waals surface area contributed by atoms with Gasteiger partial charge in [0, 0.05) is 50.2 Å². The molecule has 0 fully saturated rings. The summed E-state index contributed by atoms with van der Waals surface area (Å²) in [5.41, 5.74) is 0. The number of carboxylic acid groups (broad SMARTS) is 1. The molecule has 0 rings (SSSR count). The van der Waals surface area contributed by atoms with E-state index in [1.54, 1.807) is 0 Å². The average Bonchev–Trinajstić information content (AvgIpc) is 0.811. The molecule has 0 aromatic heterocycles. The van der Waals surface area contributed by atoms with E-state index in [4.69, 9.17) is 9.90 Å².